The van der Waals surface area contributed by atoms with Gasteiger partial charge in [0, 0.05) is 19.3 Å². The van der Waals surface area contributed by atoms with E-state index < -0.39 is 0 Å². The van der Waals surface area contributed by atoms with Crippen LogP contribution < -0.4 is 5.73 Å². The summed E-state index contributed by atoms with van der Waals surface area (Å²) in [5.74, 6) is 1.14. The highest BCUT2D eigenvalue weighted by Crippen LogP contribution is 2.22. The molecule has 0 radical (unpaired) electrons. The second kappa shape index (κ2) is 5.75. The summed E-state index contributed by atoms with van der Waals surface area (Å²) >= 11 is 3.29. The summed E-state index contributed by atoms with van der Waals surface area (Å²) in [5.41, 5.74) is 5.75. The Kier molecular flexibility index (Phi) is 4.31. The number of halogens is 1. The Morgan fingerprint density at radius 3 is 3.18 bits per heavy atom. The summed E-state index contributed by atoms with van der Waals surface area (Å²) in [6.07, 6.45) is 2.77. The molecule has 0 aliphatic carbocycles. The molecule has 2 N–H and O–H groups in total. The van der Waals surface area contributed by atoms with E-state index >= 15 is 0 Å². The van der Waals surface area contributed by atoms with Crippen molar-refractivity contribution in [1.29, 1.82) is 0 Å². The van der Waals surface area contributed by atoms with Crippen LogP contribution in [0.25, 0.3) is 0 Å². The van der Waals surface area contributed by atoms with Gasteiger partial charge in [0.15, 0.2) is 5.82 Å². The molecule has 2 heterocycles. The molecule has 0 saturated carbocycles. The van der Waals surface area contributed by atoms with Gasteiger partial charge in [-0.25, -0.2) is 9.97 Å². The van der Waals surface area contributed by atoms with Crippen molar-refractivity contribution in [3.05, 3.63) is 16.5 Å². The second-order valence-electron chi connectivity index (χ2n) is 4.12. The number of nitrogens with zero attached hydrogens (tertiary/aromatic N) is 3. The van der Waals surface area contributed by atoms with E-state index in [2.05, 4.69) is 37.7 Å². The van der Waals surface area contributed by atoms with Gasteiger partial charge >= 0.3 is 0 Å². The first-order chi connectivity index (χ1) is 8.20. The molecule has 17 heavy (non-hydrogen) atoms. The van der Waals surface area contributed by atoms with Crippen molar-refractivity contribution in [2.45, 2.75) is 19.4 Å². The van der Waals surface area contributed by atoms with Gasteiger partial charge < -0.3 is 10.5 Å². The minimum Gasteiger partial charge on any atom is -0.383 e. The van der Waals surface area contributed by atoms with Crippen LogP contribution in [-0.2, 0) is 4.74 Å². The molecule has 1 atom stereocenters. The van der Waals surface area contributed by atoms with Crippen LogP contribution in [0.3, 0.4) is 0 Å². The fourth-order valence-corrected chi connectivity index (χ4v) is 2.12. The zero-order valence-electron chi connectivity index (χ0n) is 9.90. The predicted octanol–water partition coefficient (Wildman–Crippen LogP) is 1.60. The molecule has 1 saturated heterocycles. The summed E-state index contributed by atoms with van der Waals surface area (Å²) < 4.78 is 6.42. The normalized spacial score (nSPS) is 21.6. The van der Waals surface area contributed by atoms with Gasteiger partial charge in [-0.1, -0.05) is 6.92 Å². The molecule has 1 aromatic heterocycles. The quantitative estimate of drug-likeness (QED) is 0.919. The maximum Gasteiger partial charge on any atom is 0.160 e. The Hall–Kier alpha value is -0.720. The third kappa shape index (κ3) is 3.14. The third-order valence-electron chi connectivity index (χ3n) is 2.77. The van der Waals surface area contributed by atoms with Gasteiger partial charge in [-0.3, -0.25) is 4.90 Å². The molecule has 0 aromatic carbocycles. The van der Waals surface area contributed by atoms with Crippen molar-refractivity contribution in [2.75, 3.05) is 32.0 Å². The van der Waals surface area contributed by atoms with E-state index in [4.69, 9.17) is 10.5 Å². The molecule has 94 valence electrons. The first-order valence-corrected chi connectivity index (χ1v) is 6.62. The van der Waals surface area contributed by atoms with Crippen LogP contribution in [0.4, 0.5) is 5.82 Å². The van der Waals surface area contributed by atoms with Crippen molar-refractivity contribution >= 4 is 21.7 Å². The molecular formula is C11H17BrN4O. The number of nitrogens with two attached hydrogens (primary N) is 1. The standard InChI is InChI=1S/C11H17BrN4O/c1-2-3-16-4-5-17-9(7-16)11-14-6-8(12)10(13)15-11/h6,9H,2-5,7H2,1H3,(H2,13,14,15). The molecule has 2 rings (SSSR count). The third-order valence-corrected chi connectivity index (χ3v) is 3.38. The van der Waals surface area contributed by atoms with Crippen LogP contribution in [0.1, 0.15) is 25.3 Å². The molecule has 5 nitrogen and oxygen atoms in total. The molecule has 0 amide bonds. The topological polar surface area (TPSA) is 64.3 Å². The largest absolute Gasteiger partial charge is 0.383 e. The number of hydrogen-bond donors (Lipinski definition) is 1. The van der Waals surface area contributed by atoms with Crippen LogP contribution in [0.2, 0.25) is 0 Å². The van der Waals surface area contributed by atoms with E-state index in [-0.39, 0.29) is 6.10 Å². The van der Waals surface area contributed by atoms with Gasteiger partial charge in [-0.15, -0.1) is 0 Å². The zero-order chi connectivity index (χ0) is 12.3. The number of hydrogen-bond acceptors (Lipinski definition) is 5. The van der Waals surface area contributed by atoms with Crippen molar-refractivity contribution in [3.8, 4) is 0 Å². The lowest BCUT2D eigenvalue weighted by atomic mass is 10.2. The minimum atomic E-state index is -0.0642. The van der Waals surface area contributed by atoms with Gasteiger partial charge in [0.05, 0.1) is 11.1 Å². The van der Waals surface area contributed by atoms with Gasteiger partial charge in [0.25, 0.3) is 0 Å². The predicted molar refractivity (Wildman–Crippen MR) is 69.6 cm³/mol. The highest BCUT2D eigenvalue weighted by molar-refractivity contribution is 9.10. The Bertz CT molecular complexity index is 386. The van der Waals surface area contributed by atoms with E-state index in [1.807, 2.05) is 0 Å². The molecule has 1 aliphatic heterocycles. The summed E-state index contributed by atoms with van der Waals surface area (Å²) in [4.78, 5) is 10.9. The molecule has 1 aromatic rings. The first-order valence-electron chi connectivity index (χ1n) is 5.82. The second-order valence-corrected chi connectivity index (χ2v) is 4.98. The van der Waals surface area contributed by atoms with Gasteiger partial charge in [0.1, 0.15) is 11.9 Å². The van der Waals surface area contributed by atoms with Crippen molar-refractivity contribution in [3.63, 3.8) is 0 Å². The number of rotatable bonds is 3. The van der Waals surface area contributed by atoms with Gasteiger partial charge in [-0.2, -0.15) is 0 Å². The van der Waals surface area contributed by atoms with Crippen molar-refractivity contribution < 1.29 is 4.74 Å². The molecular weight excluding hydrogens is 284 g/mol. The van der Waals surface area contributed by atoms with Crippen molar-refractivity contribution in [1.82, 2.24) is 14.9 Å². The Morgan fingerprint density at radius 1 is 1.65 bits per heavy atom. The van der Waals surface area contributed by atoms with Crippen LogP contribution in [0.5, 0.6) is 0 Å². The van der Waals surface area contributed by atoms with E-state index in [0.29, 0.717) is 11.6 Å². The SMILES string of the molecule is CCCN1CCOC(c2ncc(Br)c(N)n2)C1. The lowest BCUT2D eigenvalue weighted by molar-refractivity contribution is -0.0341. The number of ether oxygens (including phenoxy) is 1. The van der Waals surface area contributed by atoms with Crippen LogP contribution in [0.15, 0.2) is 10.7 Å². The van der Waals surface area contributed by atoms with Gasteiger partial charge in [0.2, 0.25) is 0 Å². The van der Waals surface area contributed by atoms with Crippen LogP contribution in [-0.4, -0.2) is 41.1 Å². The Balaban J connectivity index is 2.08. The number of nitrogen functional groups attached to an aromatic ring is 1. The first kappa shape index (κ1) is 12.7. The highest BCUT2D eigenvalue weighted by atomic mass is 79.9. The van der Waals surface area contributed by atoms with Crippen LogP contribution >= 0.6 is 15.9 Å². The van der Waals surface area contributed by atoms with E-state index in [0.717, 1.165) is 37.1 Å². The highest BCUT2D eigenvalue weighted by Gasteiger charge is 2.23. The summed E-state index contributed by atoms with van der Waals surface area (Å²) in [6.45, 7) is 5.82. The maximum absolute atomic E-state index is 5.75. The molecule has 1 fully saturated rings. The maximum atomic E-state index is 5.75. The molecule has 0 spiro atoms. The monoisotopic (exact) mass is 300 g/mol. The van der Waals surface area contributed by atoms with E-state index in [1.165, 1.54) is 0 Å². The van der Waals surface area contributed by atoms with E-state index in [1.54, 1.807) is 6.20 Å². The van der Waals surface area contributed by atoms with Gasteiger partial charge in [-0.05, 0) is 28.9 Å². The lowest BCUT2D eigenvalue weighted by Gasteiger charge is -2.31. The average Bonchev–Trinajstić information content (AvgIpc) is 2.33. The van der Waals surface area contributed by atoms with Crippen LogP contribution in [0, 0.1) is 0 Å². The molecule has 6 heteroatoms. The molecule has 1 unspecified atom stereocenters. The number of anilines is 1. The average molecular weight is 301 g/mol. The van der Waals surface area contributed by atoms with E-state index in [9.17, 15) is 0 Å². The zero-order valence-corrected chi connectivity index (χ0v) is 11.5. The lowest BCUT2D eigenvalue weighted by Crippen LogP contribution is -2.39. The van der Waals surface area contributed by atoms with Crippen molar-refractivity contribution in [2.24, 2.45) is 0 Å². The summed E-state index contributed by atoms with van der Waals surface area (Å²) in [6, 6.07) is 0. The minimum absolute atomic E-state index is 0.0642. The Morgan fingerprint density at radius 2 is 2.47 bits per heavy atom. The fourth-order valence-electron chi connectivity index (χ4n) is 1.93. The molecule has 1 aliphatic rings. The summed E-state index contributed by atoms with van der Waals surface area (Å²) in [7, 11) is 0. The molecule has 0 bridgehead atoms. The Labute approximate surface area is 110 Å². The fraction of sp³-hybridized carbons (Fsp3) is 0.636. The smallest absolute Gasteiger partial charge is 0.160 e. The number of morpholine rings is 1. The number of aromatic nitrogens is 2. The summed E-state index contributed by atoms with van der Waals surface area (Å²) in [5, 5.41) is 0.